The van der Waals surface area contributed by atoms with Crippen molar-refractivity contribution < 1.29 is 0 Å². The third-order valence-corrected chi connectivity index (χ3v) is 11.3. The molecular weight excluding hydrogens is 609 g/mol. The van der Waals surface area contributed by atoms with Crippen molar-refractivity contribution >= 4 is 53.1 Å². The first-order valence-electron chi connectivity index (χ1n) is 17.1. The summed E-state index contributed by atoms with van der Waals surface area (Å²) >= 11 is 1.89. The lowest BCUT2D eigenvalue weighted by atomic mass is 9.83. The van der Waals surface area contributed by atoms with E-state index in [1.165, 1.54) is 91.8 Å². The molecular formula is C48H36S. The second kappa shape index (κ2) is 11.6. The molecule has 0 N–H and O–H groups in total. The number of hydrogen-bond donors (Lipinski definition) is 0. The molecule has 49 heavy (non-hydrogen) atoms. The molecule has 1 heterocycles. The van der Waals surface area contributed by atoms with Crippen LogP contribution in [0.5, 0.6) is 0 Å². The summed E-state index contributed by atoms with van der Waals surface area (Å²) in [5, 5.41) is 7.77. The van der Waals surface area contributed by atoms with Gasteiger partial charge in [0.25, 0.3) is 0 Å². The molecule has 0 amide bonds. The molecule has 0 aliphatic rings. The zero-order chi connectivity index (χ0) is 33.1. The van der Waals surface area contributed by atoms with Gasteiger partial charge in [0.1, 0.15) is 0 Å². The van der Waals surface area contributed by atoms with Crippen molar-refractivity contribution in [3.05, 3.63) is 169 Å². The fourth-order valence-corrected chi connectivity index (χ4v) is 8.80. The maximum absolute atomic E-state index is 2.43. The van der Waals surface area contributed by atoms with Gasteiger partial charge in [0.05, 0.1) is 0 Å². The van der Waals surface area contributed by atoms with E-state index >= 15 is 0 Å². The Morgan fingerprint density at radius 1 is 0.367 bits per heavy atom. The molecule has 0 aliphatic heterocycles. The van der Waals surface area contributed by atoms with Crippen LogP contribution in [0.3, 0.4) is 0 Å². The molecule has 9 rings (SSSR count). The van der Waals surface area contributed by atoms with E-state index in [-0.39, 0.29) is 5.41 Å². The summed E-state index contributed by atoms with van der Waals surface area (Å²) in [5.41, 5.74) is 11.5. The summed E-state index contributed by atoms with van der Waals surface area (Å²) in [5.74, 6) is 0. The molecule has 0 radical (unpaired) electrons. The quantitative estimate of drug-likeness (QED) is 0.167. The molecule has 0 aliphatic carbocycles. The Balaban J connectivity index is 1.27. The highest BCUT2D eigenvalue weighted by molar-refractivity contribution is 7.26. The van der Waals surface area contributed by atoms with Crippen molar-refractivity contribution in [1.82, 2.24) is 0 Å². The van der Waals surface area contributed by atoms with E-state index in [4.69, 9.17) is 0 Å². The van der Waals surface area contributed by atoms with E-state index in [1.807, 2.05) is 11.3 Å². The van der Waals surface area contributed by atoms with Crippen LogP contribution in [0.4, 0.5) is 0 Å². The molecule has 0 fully saturated rings. The summed E-state index contributed by atoms with van der Waals surface area (Å²) in [6, 6.07) is 60.7. The number of rotatable bonds is 4. The molecule has 9 aromatic rings. The standard InChI is InChI=1S/C48H36S/c1-48(2,3)36-26-23-32(24-27-36)45-39-18-7-8-19-40(39)46(31-13-5-4-6-14-31)43-30-34(25-28-41(43)45)33-15-11-16-35(29-33)37-20-12-21-42-38-17-9-10-22-44(38)49-47(37)42/h4-30H,1-3H3. The molecule has 0 spiro atoms. The van der Waals surface area contributed by atoms with Crippen molar-refractivity contribution in [3.8, 4) is 44.5 Å². The van der Waals surface area contributed by atoms with Crippen molar-refractivity contribution in [1.29, 1.82) is 0 Å². The lowest BCUT2D eigenvalue weighted by Crippen LogP contribution is -2.10. The average Bonchev–Trinajstić information content (AvgIpc) is 3.53. The Hall–Kier alpha value is -5.50. The van der Waals surface area contributed by atoms with E-state index in [2.05, 4.69) is 185 Å². The third kappa shape index (κ3) is 5.05. The Labute approximate surface area is 291 Å². The SMILES string of the molecule is CC(C)(C)c1ccc(-c2c3ccccc3c(-c3ccccc3)c3cc(-c4cccc(-c5cccc6c5sc5ccccc56)c4)ccc23)cc1. The Bertz CT molecular complexity index is 2670. The van der Waals surface area contributed by atoms with Gasteiger partial charge in [0, 0.05) is 20.2 Å². The van der Waals surface area contributed by atoms with Gasteiger partial charge in [-0.2, -0.15) is 0 Å². The second-order valence-corrected chi connectivity index (χ2v) is 15.2. The monoisotopic (exact) mass is 644 g/mol. The summed E-state index contributed by atoms with van der Waals surface area (Å²) in [7, 11) is 0. The van der Waals surface area contributed by atoms with Crippen molar-refractivity contribution in [2.45, 2.75) is 26.2 Å². The summed E-state index contributed by atoms with van der Waals surface area (Å²) in [6.07, 6.45) is 0. The lowest BCUT2D eigenvalue weighted by Gasteiger charge is -2.21. The second-order valence-electron chi connectivity index (χ2n) is 14.1. The van der Waals surface area contributed by atoms with Crippen LogP contribution in [0.15, 0.2) is 164 Å². The highest BCUT2D eigenvalue weighted by atomic mass is 32.1. The third-order valence-electron chi connectivity index (χ3n) is 10.0. The minimum absolute atomic E-state index is 0.103. The zero-order valence-electron chi connectivity index (χ0n) is 28.0. The first-order chi connectivity index (χ1) is 23.9. The number of benzene rings is 8. The lowest BCUT2D eigenvalue weighted by molar-refractivity contribution is 0.590. The molecule has 234 valence electrons. The summed E-state index contributed by atoms with van der Waals surface area (Å²) in [6.45, 7) is 6.84. The van der Waals surface area contributed by atoms with Crippen LogP contribution in [-0.4, -0.2) is 0 Å². The predicted octanol–water partition coefficient (Wildman–Crippen LogP) is 14.3. The van der Waals surface area contributed by atoms with Gasteiger partial charge in [0.15, 0.2) is 0 Å². The van der Waals surface area contributed by atoms with Gasteiger partial charge in [-0.25, -0.2) is 0 Å². The Kier molecular flexibility index (Phi) is 7.00. The summed E-state index contributed by atoms with van der Waals surface area (Å²) < 4.78 is 2.68. The van der Waals surface area contributed by atoms with Crippen LogP contribution in [0.25, 0.3) is 86.2 Å². The molecule has 0 unspecified atom stereocenters. The smallest absolute Gasteiger partial charge is 0.0433 e. The van der Waals surface area contributed by atoms with Crippen LogP contribution in [0.1, 0.15) is 26.3 Å². The van der Waals surface area contributed by atoms with E-state index < -0.39 is 0 Å². The maximum Gasteiger partial charge on any atom is 0.0433 e. The molecule has 0 saturated heterocycles. The van der Waals surface area contributed by atoms with Crippen LogP contribution < -0.4 is 0 Å². The van der Waals surface area contributed by atoms with Gasteiger partial charge in [-0.3, -0.25) is 0 Å². The van der Waals surface area contributed by atoms with E-state index in [0.717, 1.165) is 0 Å². The number of fused-ring (bicyclic) bond motifs is 5. The van der Waals surface area contributed by atoms with Crippen molar-refractivity contribution in [3.63, 3.8) is 0 Å². The number of thiophene rings is 1. The minimum atomic E-state index is 0.103. The molecule has 8 aromatic carbocycles. The average molecular weight is 645 g/mol. The van der Waals surface area contributed by atoms with Gasteiger partial charge in [-0.05, 0) is 95.2 Å². The molecule has 0 nitrogen and oxygen atoms in total. The van der Waals surface area contributed by atoms with Gasteiger partial charge < -0.3 is 0 Å². The maximum atomic E-state index is 2.43. The zero-order valence-corrected chi connectivity index (χ0v) is 28.8. The first kappa shape index (κ1) is 29.6. The molecule has 0 saturated carbocycles. The van der Waals surface area contributed by atoms with Gasteiger partial charge in [-0.1, -0.05) is 166 Å². The van der Waals surface area contributed by atoms with Crippen molar-refractivity contribution in [2.24, 2.45) is 0 Å². The van der Waals surface area contributed by atoms with Gasteiger partial charge >= 0.3 is 0 Å². The van der Waals surface area contributed by atoms with E-state index in [9.17, 15) is 0 Å². The van der Waals surface area contributed by atoms with Crippen LogP contribution in [0.2, 0.25) is 0 Å². The van der Waals surface area contributed by atoms with Crippen LogP contribution in [0, 0.1) is 0 Å². The fraction of sp³-hybridized carbons (Fsp3) is 0.0833. The van der Waals surface area contributed by atoms with E-state index in [1.54, 1.807) is 0 Å². The Morgan fingerprint density at radius 3 is 1.65 bits per heavy atom. The topological polar surface area (TPSA) is 0 Å². The molecule has 0 atom stereocenters. The normalized spacial score (nSPS) is 12.0. The largest absolute Gasteiger partial charge is 0.135 e. The summed E-state index contributed by atoms with van der Waals surface area (Å²) in [4.78, 5) is 0. The molecule has 0 bridgehead atoms. The minimum Gasteiger partial charge on any atom is -0.135 e. The number of hydrogen-bond acceptors (Lipinski definition) is 1. The van der Waals surface area contributed by atoms with Gasteiger partial charge in [0.2, 0.25) is 0 Å². The molecule has 1 heteroatoms. The van der Waals surface area contributed by atoms with Gasteiger partial charge in [-0.15, -0.1) is 11.3 Å². The highest BCUT2D eigenvalue weighted by Gasteiger charge is 2.19. The molecule has 1 aromatic heterocycles. The van der Waals surface area contributed by atoms with Crippen molar-refractivity contribution in [2.75, 3.05) is 0 Å². The highest BCUT2D eigenvalue weighted by Crippen LogP contribution is 2.46. The Morgan fingerprint density at radius 2 is 0.898 bits per heavy atom. The van der Waals surface area contributed by atoms with Crippen LogP contribution in [-0.2, 0) is 5.41 Å². The van der Waals surface area contributed by atoms with Crippen LogP contribution >= 0.6 is 11.3 Å². The first-order valence-corrected chi connectivity index (χ1v) is 17.9. The predicted molar refractivity (Wildman–Crippen MR) is 215 cm³/mol. The fourth-order valence-electron chi connectivity index (χ4n) is 7.56. The van der Waals surface area contributed by atoms with E-state index in [0.29, 0.717) is 0 Å².